The number of hydrogen-bond donors (Lipinski definition) is 0. The van der Waals surface area contributed by atoms with Crippen molar-refractivity contribution in [2.75, 3.05) is 39.0 Å². The Morgan fingerprint density at radius 3 is 0.500 bits per heavy atom. The number of rotatable bonds is 78. The Balaban J connectivity index is 5.52. The molecule has 0 saturated heterocycles. The average molecular weight is 1290 g/mol. The summed E-state index contributed by atoms with van der Waals surface area (Å²) in [5.41, 5.74) is 0. The molecular formula is C77H157NO8P2. The molecule has 0 radical (unpaired) electrons. The van der Waals surface area contributed by atoms with Gasteiger partial charge in [0.1, 0.15) is 12.6 Å². The second-order valence-electron chi connectivity index (χ2n) is 27.3. The van der Waals surface area contributed by atoms with Gasteiger partial charge in [-0.1, -0.05) is 420 Å². The van der Waals surface area contributed by atoms with Gasteiger partial charge in [-0.25, -0.2) is 0 Å². The maximum absolute atomic E-state index is 14.9. The molecule has 0 aliphatic heterocycles. The minimum Gasteiger partial charge on any atom is -0.367 e. The normalized spacial score (nSPS) is 12.2. The van der Waals surface area contributed by atoms with Crippen molar-refractivity contribution in [1.29, 1.82) is 0 Å². The molecule has 0 bridgehead atoms. The van der Waals surface area contributed by atoms with E-state index in [9.17, 15) is 13.9 Å². The zero-order valence-corrected chi connectivity index (χ0v) is 62.1. The average Bonchev–Trinajstić information content (AvgIpc) is 3.69. The first-order valence-corrected chi connectivity index (χ1v) is 43.5. The molecule has 0 aliphatic rings. The van der Waals surface area contributed by atoms with Crippen LogP contribution < -0.4 is 0 Å². The molecule has 0 aromatic carbocycles. The third-order valence-corrected chi connectivity index (χ3v) is 22.0. The number of hydrogen-bond acceptors (Lipinski definition) is 9. The number of carbonyl (C=O) groups is 1. The fourth-order valence-corrected chi connectivity index (χ4v) is 15.7. The van der Waals surface area contributed by atoms with E-state index in [1.807, 2.05) is 0 Å². The van der Waals surface area contributed by atoms with Gasteiger partial charge >= 0.3 is 21.2 Å². The van der Waals surface area contributed by atoms with Crippen molar-refractivity contribution in [1.82, 2.24) is 5.06 Å². The Hall–Kier alpha value is -0.270. The minimum absolute atomic E-state index is 0.116. The SMILES string of the molecule is CCCCCCCCCCCCCCCCCCOP(=O)(CN(CP(=O)(OCCCCCCCCCCCCCCCCCC)OCCCCCCCCCCCCCCCCCC)OC(=O)CC)OCCCCCCCCCCCCCCCCCC. The van der Waals surface area contributed by atoms with Crippen LogP contribution >= 0.6 is 15.2 Å². The lowest BCUT2D eigenvalue weighted by atomic mass is 10.0. The molecule has 0 N–H and O–H groups in total. The summed E-state index contributed by atoms with van der Waals surface area (Å²) in [6.45, 7) is 12.1. The standard InChI is InChI=1S/C77H157NO8P2/c1-6-11-15-19-23-27-31-35-39-43-47-51-55-59-63-67-71-82-87(80,83-72-68-64-60-56-52-48-44-40-36-32-28-24-20-16-12-7-2)75-78(86-77(79)10-5)76-88(81,84-73-69-65-61-57-53-49-45-41-37-33-29-25-21-17-13-8-3)85-74-70-66-62-58-54-50-46-42-38-34-30-26-22-18-14-9-4/h6-76H2,1-5H3. The van der Waals surface area contributed by atoms with E-state index in [1.165, 1.54) is 339 Å². The van der Waals surface area contributed by atoms with E-state index in [0.29, 0.717) is 26.4 Å². The summed E-state index contributed by atoms with van der Waals surface area (Å²) in [6, 6.07) is 0. The minimum atomic E-state index is -3.82. The summed E-state index contributed by atoms with van der Waals surface area (Å²) in [5.74, 6) is -0.496. The highest BCUT2D eigenvalue weighted by molar-refractivity contribution is 7.54. The molecule has 0 aromatic rings. The largest absolute Gasteiger partial charge is 0.367 e. The van der Waals surface area contributed by atoms with Crippen molar-refractivity contribution in [3.63, 3.8) is 0 Å². The van der Waals surface area contributed by atoms with Crippen molar-refractivity contribution in [2.45, 2.75) is 452 Å². The molecule has 9 nitrogen and oxygen atoms in total. The van der Waals surface area contributed by atoms with Gasteiger partial charge in [0.05, 0.1) is 26.4 Å². The molecule has 11 heteroatoms. The number of unbranched alkanes of at least 4 members (excludes halogenated alkanes) is 60. The molecule has 0 unspecified atom stereocenters. The molecule has 0 atom stereocenters. The van der Waals surface area contributed by atoms with Crippen molar-refractivity contribution in [3.05, 3.63) is 0 Å². The van der Waals surface area contributed by atoms with Crippen LogP contribution in [0.1, 0.15) is 452 Å². The summed E-state index contributed by atoms with van der Waals surface area (Å²) < 4.78 is 54.9. The quantitative estimate of drug-likeness (QED) is 0.0335. The number of carbonyl (C=O) groups excluding carboxylic acids is 1. The topological polar surface area (TPSA) is 101 Å². The second kappa shape index (κ2) is 72.6. The van der Waals surface area contributed by atoms with Crippen LogP contribution in [0.2, 0.25) is 0 Å². The van der Waals surface area contributed by atoms with Gasteiger partial charge in [0.2, 0.25) is 0 Å². The van der Waals surface area contributed by atoms with Crippen molar-refractivity contribution < 1.29 is 36.9 Å². The molecule has 0 heterocycles. The molecule has 0 rings (SSSR count). The highest BCUT2D eigenvalue weighted by Gasteiger charge is 2.36. The first-order chi connectivity index (χ1) is 43.3. The molecule has 0 amide bonds. The highest BCUT2D eigenvalue weighted by atomic mass is 31.2. The van der Waals surface area contributed by atoms with Crippen LogP contribution in [0.3, 0.4) is 0 Å². The molecule has 88 heavy (non-hydrogen) atoms. The van der Waals surface area contributed by atoms with Crippen LogP contribution in [0.5, 0.6) is 0 Å². The third kappa shape index (κ3) is 67.2. The van der Waals surface area contributed by atoms with Gasteiger partial charge in [-0.2, -0.15) is 0 Å². The van der Waals surface area contributed by atoms with Crippen LogP contribution in [0.25, 0.3) is 0 Å². The summed E-state index contributed by atoms with van der Waals surface area (Å²) >= 11 is 0. The Morgan fingerprint density at radius 2 is 0.364 bits per heavy atom. The summed E-state index contributed by atoms with van der Waals surface area (Å²) in [4.78, 5) is 19.0. The van der Waals surface area contributed by atoms with Crippen molar-refractivity contribution >= 4 is 21.2 Å². The Kier molecular flexibility index (Phi) is 72.3. The first-order valence-electron chi connectivity index (χ1n) is 40.0. The second-order valence-corrected chi connectivity index (χ2v) is 31.4. The van der Waals surface area contributed by atoms with E-state index in [1.54, 1.807) is 6.92 Å². The highest BCUT2D eigenvalue weighted by Crippen LogP contribution is 2.54. The van der Waals surface area contributed by atoms with Gasteiger partial charge < -0.3 is 22.9 Å². The summed E-state index contributed by atoms with van der Waals surface area (Å²) in [6.07, 6.45) is 81.3. The molecule has 528 valence electrons. The Labute approximate surface area is 551 Å². The molecule has 0 aromatic heterocycles. The van der Waals surface area contributed by atoms with Gasteiger partial charge in [0, 0.05) is 6.42 Å². The lowest BCUT2D eigenvalue weighted by Gasteiger charge is -2.29. The summed E-state index contributed by atoms with van der Waals surface area (Å²) in [7, 11) is -7.64. The number of hydroxylamine groups is 2. The molecule has 0 fully saturated rings. The van der Waals surface area contributed by atoms with Gasteiger partial charge in [0.25, 0.3) is 0 Å². The van der Waals surface area contributed by atoms with Gasteiger partial charge in [-0.15, -0.1) is 5.06 Å². The predicted octanol–water partition coefficient (Wildman–Crippen LogP) is 28.6. The van der Waals surface area contributed by atoms with E-state index >= 15 is 0 Å². The Bertz CT molecular complexity index is 1270. The maximum atomic E-state index is 14.9. The smallest absolute Gasteiger partial charge is 0.348 e. The van der Waals surface area contributed by atoms with Gasteiger partial charge in [-0.3, -0.25) is 13.9 Å². The lowest BCUT2D eigenvalue weighted by molar-refractivity contribution is -0.183. The van der Waals surface area contributed by atoms with Crippen LogP contribution in [0, 0.1) is 0 Å². The van der Waals surface area contributed by atoms with E-state index in [-0.39, 0.29) is 19.0 Å². The van der Waals surface area contributed by atoms with E-state index in [0.717, 1.165) is 77.0 Å². The van der Waals surface area contributed by atoms with Gasteiger partial charge in [-0.05, 0) is 25.7 Å². The van der Waals surface area contributed by atoms with Crippen LogP contribution in [-0.4, -0.2) is 50.0 Å². The first kappa shape index (κ1) is 87.7. The fourth-order valence-electron chi connectivity index (χ4n) is 12.4. The predicted molar refractivity (Wildman–Crippen MR) is 385 cm³/mol. The maximum Gasteiger partial charge on any atom is 0.348 e. The molecular weight excluding hydrogens is 1130 g/mol. The summed E-state index contributed by atoms with van der Waals surface area (Å²) in [5, 5.41) is 1.25. The van der Waals surface area contributed by atoms with Crippen LogP contribution in [-0.2, 0) is 36.9 Å². The van der Waals surface area contributed by atoms with E-state index in [2.05, 4.69) is 27.7 Å². The third-order valence-electron chi connectivity index (χ3n) is 18.3. The monoisotopic (exact) mass is 1290 g/mol. The lowest BCUT2D eigenvalue weighted by Crippen LogP contribution is -2.31. The van der Waals surface area contributed by atoms with E-state index < -0.39 is 21.2 Å². The number of nitrogens with zero attached hydrogens (tertiary/aromatic N) is 1. The fraction of sp³-hybridized carbons (Fsp3) is 0.987. The zero-order chi connectivity index (χ0) is 63.9. The molecule has 0 aliphatic carbocycles. The zero-order valence-electron chi connectivity index (χ0n) is 60.3. The van der Waals surface area contributed by atoms with Gasteiger partial charge in [0.15, 0.2) is 0 Å². The molecule has 0 spiro atoms. The van der Waals surface area contributed by atoms with Crippen LogP contribution in [0.4, 0.5) is 0 Å². The van der Waals surface area contributed by atoms with Crippen molar-refractivity contribution in [3.8, 4) is 0 Å². The van der Waals surface area contributed by atoms with Crippen molar-refractivity contribution in [2.24, 2.45) is 0 Å². The van der Waals surface area contributed by atoms with Crippen LogP contribution in [0.15, 0.2) is 0 Å². The Morgan fingerprint density at radius 1 is 0.227 bits per heavy atom. The molecule has 0 saturated carbocycles. The van der Waals surface area contributed by atoms with E-state index in [4.69, 9.17) is 22.9 Å².